The van der Waals surface area contributed by atoms with E-state index in [2.05, 4.69) is 25.8 Å². The van der Waals surface area contributed by atoms with E-state index >= 15 is 0 Å². The summed E-state index contributed by atoms with van der Waals surface area (Å²) in [6.45, 7) is 0. The number of benzene rings is 1. The Morgan fingerprint density at radius 2 is 2.21 bits per heavy atom. The Hall–Kier alpha value is -1.12. The van der Waals surface area contributed by atoms with Gasteiger partial charge < -0.3 is 10.9 Å². The minimum Gasteiger partial charge on any atom is -0.409 e. The third-order valence-corrected chi connectivity index (χ3v) is 4.85. The second kappa shape index (κ2) is 5.48. The Morgan fingerprint density at radius 1 is 1.53 bits per heavy atom. The maximum atomic E-state index is 12.2. The molecule has 0 radical (unpaired) electrons. The van der Waals surface area contributed by atoms with Gasteiger partial charge in [-0.2, -0.15) is 0 Å². The van der Waals surface area contributed by atoms with Crippen LogP contribution < -0.4 is 10.5 Å². The standard InChI is InChI=1S/C11H14BrN3O3S/c12-8-2-1-3-9(6-8)19(17,18)15-10(7-4-5-7)11(13)14-16/h1-3,6-7,10,15-16H,4-5H2,(H2,13,14). The minimum absolute atomic E-state index is 0.0952. The van der Waals surface area contributed by atoms with Crippen molar-refractivity contribution in [1.29, 1.82) is 0 Å². The molecule has 0 aromatic heterocycles. The van der Waals surface area contributed by atoms with Crippen molar-refractivity contribution in [3.8, 4) is 0 Å². The number of nitrogens with one attached hydrogen (secondary N) is 1. The van der Waals surface area contributed by atoms with E-state index < -0.39 is 16.1 Å². The monoisotopic (exact) mass is 347 g/mol. The number of amidine groups is 1. The van der Waals surface area contributed by atoms with Gasteiger partial charge in [-0.05, 0) is 37.0 Å². The predicted molar refractivity (Wildman–Crippen MR) is 74.4 cm³/mol. The van der Waals surface area contributed by atoms with Crippen molar-refractivity contribution in [1.82, 2.24) is 4.72 Å². The van der Waals surface area contributed by atoms with Crippen molar-refractivity contribution in [2.45, 2.75) is 23.8 Å². The van der Waals surface area contributed by atoms with Crippen molar-refractivity contribution in [3.63, 3.8) is 0 Å². The molecule has 2 rings (SSSR count). The third kappa shape index (κ3) is 3.46. The van der Waals surface area contributed by atoms with E-state index in [1.54, 1.807) is 12.1 Å². The fourth-order valence-electron chi connectivity index (χ4n) is 1.76. The molecule has 1 saturated carbocycles. The summed E-state index contributed by atoms with van der Waals surface area (Å²) in [5, 5.41) is 11.6. The van der Waals surface area contributed by atoms with E-state index in [0.29, 0.717) is 4.47 Å². The second-order valence-electron chi connectivity index (χ2n) is 4.42. The number of sulfonamides is 1. The van der Waals surface area contributed by atoms with Crippen molar-refractivity contribution in [2.75, 3.05) is 0 Å². The molecule has 1 aromatic carbocycles. The van der Waals surface area contributed by atoms with E-state index in [1.807, 2.05) is 0 Å². The fraction of sp³-hybridized carbons (Fsp3) is 0.364. The van der Waals surface area contributed by atoms with Crippen LogP contribution in [0.2, 0.25) is 0 Å². The normalized spacial score (nSPS) is 18.3. The van der Waals surface area contributed by atoms with Crippen molar-refractivity contribution < 1.29 is 13.6 Å². The molecule has 104 valence electrons. The molecule has 1 fully saturated rings. The van der Waals surface area contributed by atoms with Crippen LogP contribution in [-0.2, 0) is 10.0 Å². The molecule has 0 amide bonds. The number of hydrogen-bond donors (Lipinski definition) is 3. The summed E-state index contributed by atoms with van der Waals surface area (Å²) in [5.41, 5.74) is 5.54. The maximum Gasteiger partial charge on any atom is 0.241 e. The molecule has 0 spiro atoms. The van der Waals surface area contributed by atoms with E-state index in [-0.39, 0.29) is 16.6 Å². The minimum atomic E-state index is -3.69. The molecule has 6 nitrogen and oxygen atoms in total. The average molecular weight is 348 g/mol. The SMILES string of the molecule is NC(=NO)C(NS(=O)(=O)c1cccc(Br)c1)C1CC1. The van der Waals surface area contributed by atoms with Gasteiger partial charge in [0.1, 0.15) is 0 Å². The van der Waals surface area contributed by atoms with E-state index in [0.717, 1.165) is 12.8 Å². The third-order valence-electron chi connectivity index (χ3n) is 2.92. The van der Waals surface area contributed by atoms with E-state index in [1.165, 1.54) is 12.1 Å². The van der Waals surface area contributed by atoms with Crippen LogP contribution in [0.4, 0.5) is 0 Å². The molecule has 1 aliphatic rings. The first-order chi connectivity index (χ1) is 8.94. The topological polar surface area (TPSA) is 105 Å². The number of oxime groups is 1. The van der Waals surface area contributed by atoms with Crippen LogP contribution >= 0.6 is 15.9 Å². The fourth-order valence-corrected chi connectivity index (χ4v) is 3.63. The predicted octanol–water partition coefficient (Wildman–Crippen LogP) is 1.25. The lowest BCUT2D eigenvalue weighted by atomic mass is 10.2. The molecule has 1 atom stereocenters. The highest BCUT2D eigenvalue weighted by Crippen LogP contribution is 2.33. The summed E-state index contributed by atoms with van der Waals surface area (Å²) in [6.07, 6.45) is 1.73. The first-order valence-corrected chi connectivity index (χ1v) is 7.97. The number of nitrogens with zero attached hydrogens (tertiary/aromatic N) is 1. The number of hydrogen-bond acceptors (Lipinski definition) is 4. The zero-order valence-electron chi connectivity index (χ0n) is 9.95. The Bertz CT molecular complexity index is 599. The van der Waals surface area contributed by atoms with Crippen LogP contribution in [0.5, 0.6) is 0 Å². The Labute approximate surface area is 119 Å². The highest BCUT2D eigenvalue weighted by Gasteiger charge is 2.37. The molecule has 4 N–H and O–H groups in total. The molecule has 0 heterocycles. The largest absolute Gasteiger partial charge is 0.409 e. The molecule has 0 bridgehead atoms. The number of nitrogens with two attached hydrogens (primary N) is 1. The highest BCUT2D eigenvalue weighted by molar-refractivity contribution is 9.10. The van der Waals surface area contributed by atoms with Gasteiger partial charge in [-0.25, -0.2) is 13.1 Å². The van der Waals surface area contributed by atoms with Gasteiger partial charge in [-0.15, -0.1) is 0 Å². The first-order valence-electron chi connectivity index (χ1n) is 5.69. The molecular formula is C11H14BrN3O3S. The van der Waals surface area contributed by atoms with Crippen LogP contribution in [0.25, 0.3) is 0 Å². The quantitative estimate of drug-likeness (QED) is 0.322. The maximum absolute atomic E-state index is 12.2. The summed E-state index contributed by atoms with van der Waals surface area (Å²) < 4.78 is 27.6. The first kappa shape index (κ1) is 14.3. The summed E-state index contributed by atoms with van der Waals surface area (Å²) in [7, 11) is -3.69. The molecule has 8 heteroatoms. The second-order valence-corrected chi connectivity index (χ2v) is 7.05. The van der Waals surface area contributed by atoms with Crippen molar-refractivity contribution in [3.05, 3.63) is 28.7 Å². The Morgan fingerprint density at radius 3 is 2.74 bits per heavy atom. The summed E-state index contributed by atoms with van der Waals surface area (Å²) in [4.78, 5) is 0.137. The molecule has 0 saturated heterocycles. The lowest BCUT2D eigenvalue weighted by molar-refractivity contribution is 0.314. The molecule has 19 heavy (non-hydrogen) atoms. The van der Waals surface area contributed by atoms with Gasteiger partial charge >= 0.3 is 0 Å². The number of rotatable bonds is 5. The zero-order chi connectivity index (χ0) is 14.0. The van der Waals surface area contributed by atoms with E-state index in [4.69, 9.17) is 10.9 Å². The molecular weight excluding hydrogens is 334 g/mol. The van der Waals surface area contributed by atoms with Crippen molar-refractivity contribution >= 4 is 31.8 Å². The van der Waals surface area contributed by atoms with Crippen LogP contribution in [0.1, 0.15) is 12.8 Å². The highest BCUT2D eigenvalue weighted by atomic mass is 79.9. The molecule has 1 aromatic rings. The van der Waals surface area contributed by atoms with E-state index in [9.17, 15) is 8.42 Å². The Balaban J connectivity index is 2.25. The van der Waals surface area contributed by atoms with Crippen LogP contribution in [0.15, 0.2) is 38.8 Å². The summed E-state index contributed by atoms with van der Waals surface area (Å²) in [5.74, 6) is -0.0149. The van der Waals surface area contributed by atoms with Gasteiger partial charge in [-0.1, -0.05) is 27.2 Å². The van der Waals surface area contributed by atoms with Crippen LogP contribution in [0.3, 0.4) is 0 Å². The lowest BCUT2D eigenvalue weighted by Crippen LogP contribution is -2.46. The van der Waals surface area contributed by atoms with Gasteiger partial charge in [0.15, 0.2) is 5.84 Å². The van der Waals surface area contributed by atoms with Crippen LogP contribution in [0, 0.1) is 5.92 Å². The average Bonchev–Trinajstić information content (AvgIpc) is 3.19. The van der Waals surface area contributed by atoms with Crippen molar-refractivity contribution in [2.24, 2.45) is 16.8 Å². The summed E-state index contributed by atoms with van der Waals surface area (Å²) in [6, 6.07) is 5.70. The van der Waals surface area contributed by atoms with Gasteiger partial charge in [-0.3, -0.25) is 0 Å². The zero-order valence-corrected chi connectivity index (χ0v) is 12.4. The van der Waals surface area contributed by atoms with Gasteiger partial charge in [0.25, 0.3) is 0 Å². The van der Waals surface area contributed by atoms with Gasteiger partial charge in [0, 0.05) is 4.47 Å². The van der Waals surface area contributed by atoms with Gasteiger partial charge in [0.05, 0.1) is 10.9 Å². The molecule has 1 unspecified atom stereocenters. The van der Waals surface area contributed by atoms with Crippen LogP contribution in [-0.4, -0.2) is 25.5 Å². The molecule has 1 aliphatic carbocycles. The number of halogens is 1. The Kier molecular flexibility index (Phi) is 4.12. The lowest BCUT2D eigenvalue weighted by Gasteiger charge is -2.16. The smallest absolute Gasteiger partial charge is 0.241 e. The molecule has 0 aliphatic heterocycles. The summed E-state index contributed by atoms with van der Waals surface area (Å²) >= 11 is 3.22. The van der Waals surface area contributed by atoms with Gasteiger partial charge in [0.2, 0.25) is 10.0 Å².